The number of nitrogens with one attached hydrogen (secondary N) is 2. The summed E-state index contributed by atoms with van der Waals surface area (Å²) in [7, 11) is -2.36. The Hall–Kier alpha value is -2.24. The molecular weight excluding hydrogens is 455 g/mol. The van der Waals surface area contributed by atoms with Crippen LogP contribution in [0.2, 0.25) is 0 Å². The van der Waals surface area contributed by atoms with Gasteiger partial charge in [0.25, 0.3) is 11.8 Å². The minimum absolute atomic E-state index is 0.0902. The van der Waals surface area contributed by atoms with E-state index in [-0.39, 0.29) is 5.56 Å². The summed E-state index contributed by atoms with van der Waals surface area (Å²) in [4.78, 5) is 23.9. The monoisotopic (exact) mass is 472 g/mol. The fraction of sp³-hybridized carbons (Fsp3) is 0.294. The van der Waals surface area contributed by atoms with E-state index in [0.717, 1.165) is 18.2 Å². The zero-order valence-corrected chi connectivity index (χ0v) is 17.3. The van der Waals surface area contributed by atoms with E-state index in [1.807, 2.05) is 0 Å². The molecule has 3 rings (SSSR count). The summed E-state index contributed by atoms with van der Waals surface area (Å²) >= 11 is 3.24. The van der Waals surface area contributed by atoms with Crippen molar-refractivity contribution >= 4 is 37.8 Å². The second-order valence-electron chi connectivity index (χ2n) is 6.32. The van der Waals surface area contributed by atoms with Crippen molar-refractivity contribution in [3.63, 3.8) is 0 Å². The first kappa shape index (κ1) is 20.5. The quantitative estimate of drug-likeness (QED) is 0.662. The van der Waals surface area contributed by atoms with Crippen molar-refractivity contribution in [3.8, 4) is 0 Å². The molecule has 1 saturated heterocycles. The van der Waals surface area contributed by atoms with Crippen molar-refractivity contribution in [2.24, 2.45) is 7.05 Å². The van der Waals surface area contributed by atoms with Gasteiger partial charge in [-0.2, -0.15) is 4.31 Å². The van der Waals surface area contributed by atoms with Gasteiger partial charge in [0, 0.05) is 36.4 Å². The Morgan fingerprint density at radius 2 is 1.75 bits per heavy atom. The molecule has 8 nitrogen and oxygen atoms in total. The standard InChI is InChI=1S/C17H18BrFN4O4S/c1-22-10-12(18)9-14(22)17(25)21-20-16(24)11-4-5-13(19)15(8-11)28(26,27)23-6-2-3-7-23/h4-5,8-10H,2-3,6-7H2,1H3,(H,20,24)(H,21,25). The SMILES string of the molecule is Cn1cc(Br)cc1C(=O)NNC(=O)c1ccc(F)c(S(=O)(=O)N2CCCC2)c1. The van der Waals surface area contributed by atoms with Crippen LogP contribution in [0.4, 0.5) is 4.39 Å². The van der Waals surface area contributed by atoms with Gasteiger partial charge in [0.15, 0.2) is 0 Å². The first-order valence-electron chi connectivity index (χ1n) is 8.42. The topological polar surface area (TPSA) is 101 Å². The lowest BCUT2D eigenvalue weighted by atomic mass is 10.2. The number of hydrogen-bond donors (Lipinski definition) is 2. The molecule has 150 valence electrons. The molecule has 28 heavy (non-hydrogen) atoms. The predicted molar refractivity (Wildman–Crippen MR) is 102 cm³/mol. The van der Waals surface area contributed by atoms with Crippen LogP contribution in [0.15, 0.2) is 39.8 Å². The van der Waals surface area contributed by atoms with Crippen LogP contribution < -0.4 is 10.9 Å². The summed E-state index contributed by atoms with van der Waals surface area (Å²) < 4.78 is 42.8. The number of rotatable bonds is 4. The van der Waals surface area contributed by atoms with Gasteiger partial charge in [-0.05, 0) is 53.0 Å². The molecule has 1 fully saturated rings. The number of sulfonamides is 1. The average molecular weight is 473 g/mol. The summed E-state index contributed by atoms with van der Waals surface area (Å²) in [6, 6.07) is 4.62. The number of benzene rings is 1. The van der Waals surface area contributed by atoms with Gasteiger partial charge in [-0.1, -0.05) is 0 Å². The summed E-state index contributed by atoms with van der Waals surface area (Å²) in [5.41, 5.74) is 4.65. The van der Waals surface area contributed by atoms with Crippen molar-refractivity contribution < 1.29 is 22.4 Å². The molecule has 1 aliphatic rings. The number of carbonyl (C=O) groups is 2. The number of amides is 2. The molecule has 0 aliphatic carbocycles. The van der Waals surface area contributed by atoms with Crippen molar-refractivity contribution in [1.82, 2.24) is 19.7 Å². The van der Waals surface area contributed by atoms with E-state index in [4.69, 9.17) is 0 Å². The summed E-state index contributed by atoms with van der Waals surface area (Å²) in [5, 5.41) is 0. The number of nitrogens with zero attached hydrogens (tertiary/aromatic N) is 2. The number of hydrazine groups is 1. The number of aromatic nitrogens is 1. The number of halogens is 2. The van der Waals surface area contributed by atoms with Crippen LogP contribution in [0.1, 0.15) is 33.7 Å². The van der Waals surface area contributed by atoms with Crippen molar-refractivity contribution in [2.75, 3.05) is 13.1 Å². The Morgan fingerprint density at radius 3 is 2.36 bits per heavy atom. The second-order valence-corrected chi connectivity index (χ2v) is 9.14. The van der Waals surface area contributed by atoms with Crippen LogP contribution in [0.5, 0.6) is 0 Å². The molecule has 2 N–H and O–H groups in total. The van der Waals surface area contributed by atoms with Gasteiger partial charge in [0.1, 0.15) is 16.4 Å². The smallest absolute Gasteiger partial charge is 0.286 e. The fourth-order valence-corrected chi connectivity index (χ4v) is 5.04. The summed E-state index contributed by atoms with van der Waals surface area (Å²) in [6.45, 7) is 0.640. The first-order valence-corrected chi connectivity index (χ1v) is 10.7. The van der Waals surface area contributed by atoms with Crippen molar-refractivity contribution in [1.29, 1.82) is 0 Å². The van der Waals surface area contributed by atoms with Gasteiger partial charge < -0.3 is 4.57 Å². The summed E-state index contributed by atoms with van der Waals surface area (Å²) in [5.74, 6) is -2.26. The highest BCUT2D eigenvalue weighted by Crippen LogP contribution is 2.24. The first-order chi connectivity index (χ1) is 13.2. The Labute approximate surface area is 169 Å². The number of hydrogen-bond acceptors (Lipinski definition) is 4. The van der Waals surface area contributed by atoms with E-state index in [1.165, 1.54) is 4.31 Å². The van der Waals surface area contributed by atoms with Crippen LogP contribution in [0.25, 0.3) is 0 Å². The Morgan fingerprint density at radius 1 is 1.11 bits per heavy atom. The van der Waals surface area contributed by atoms with E-state index in [0.29, 0.717) is 36.1 Å². The Kier molecular flexibility index (Phi) is 5.87. The maximum atomic E-state index is 14.1. The maximum absolute atomic E-state index is 14.1. The highest BCUT2D eigenvalue weighted by atomic mass is 79.9. The highest BCUT2D eigenvalue weighted by Gasteiger charge is 2.30. The lowest BCUT2D eigenvalue weighted by Crippen LogP contribution is -2.42. The molecule has 1 aromatic heterocycles. The highest BCUT2D eigenvalue weighted by molar-refractivity contribution is 9.10. The third-order valence-electron chi connectivity index (χ3n) is 4.37. The molecule has 11 heteroatoms. The van der Waals surface area contributed by atoms with Crippen molar-refractivity contribution in [2.45, 2.75) is 17.7 Å². The molecule has 2 heterocycles. The molecule has 1 aliphatic heterocycles. The van der Waals surface area contributed by atoms with E-state index in [1.54, 1.807) is 23.9 Å². The van der Waals surface area contributed by atoms with Crippen LogP contribution >= 0.6 is 15.9 Å². The normalized spacial score (nSPS) is 14.8. The Balaban J connectivity index is 1.75. The fourth-order valence-electron chi connectivity index (χ4n) is 2.91. The van der Waals surface area contributed by atoms with Crippen LogP contribution in [-0.2, 0) is 17.1 Å². The lowest BCUT2D eigenvalue weighted by molar-refractivity contribution is 0.0842. The van der Waals surface area contributed by atoms with Gasteiger partial charge in [-0.15, -0.1) is 0 Å². The molecule has 0 unspecified atom stereocenters. The van der Waals surface area contributed by atoms with Gasteiger partial charge in [0.05, 0.1) is 0 Å². The maximum Gasteiger partial charge on any atom is 0.286 e. The second kappa shape index (κ2) is 8.02. The van der Waals surface area contributed by atoms with Crippen LogP contribution in [-0.4, -0.2) is 42.2 Å². The van der Waals surface area contributed by atoms with Gasteiger partial charge in [-0.25, -0.2) is 12.8 Å². The van der Waals surface area contributed by atoms with E-state index >= 15 is 0 Å². The molecule has 0 spiro atoms. The van der Waals surface area contributed by atoms with Gasteiger partial charge in [0.2, 0.25) is 10.0 Å². The summed E-state index contributed by atoms with van der Waals surface area (Å²) in [6.07, 6.45) is 3.09. The average Bonchev–Trinajstić information content (AvgIpc) is 3.29. The molecule has 0 atom stereocenters. The predicted octanol–water partition coefficient (Wildman–Crippen LogP) is 1.79. The molecule has 1 aromatic carbocycles. The molecule has 0 bridgehead atoms. The molecule has 0 radical (unpaired) electrons. The molecule has 0 saturated carbocycles. The molecule has 2 amide bonds. The minimum Gasteiger partial charge on any atom is -0.345 e. The van der Waals surface area contributed by atoms with E-state index in [9.17, 15) is 22.4 Å². The van der Waals surface area contributed by atoms with Gasteiger partial charge >= 0.3 is 0 Å². The largest absolute Gasteiger partial charge is 0.345 e. The third kappa shape index (κ3) is 4.10. The van der Waals surface area contributed by atoms with Crippen molar-refractivity contribution in [3.05, 3.63) is 52.0 Å². The van der Waals surface area contributed by atoms with Crippen LogP contribution in [0, 0.1) is 5.82 Å². The van der Waals surface area contributed by atoms with Crippen LogP contribution in [0.3, 0.4) is 0 Å². The molecule has 2 aromatic rings. The number of carbonyl (C=O) groups excluding carboxylic acids is 2. The molecular formula is C17H18BrFN4O4S. The van der Waals surface area contributed by atoms with Gasteiger partial charge in [-0.3, -0.25) is 20.4 Å². The zero-order valence-electron chi connectivity index (χ0n) is 14.9. The minimum atomic E-state index is -4.02. The van der Waals surface area contributed by atoms with E-state index < -0.39 is 32.6 Å². The number of aryl methyl sites for hydroxylation is 1. The van der Waals surface area contributed by atoms with E-state index in [2.05, 4.69) is 26.8 Å². The zero-order chi connectivity index (χ0) is 20.5. The third-order valence-corrected chi connectivity index (χ3v) is 6.72. The Bertz CT molecular complexity index is 1030. The lowest BCUT2D eigenvalue weighted by Gasteiger charge is -2.16.